The molecule has 0 spiro atoms. The zero-order valence-electron chi connectivity index (χ0n) is 10.3. The number of hydrogen-bond donors (Lipinski definition) is 0. The van der Waals surface area contributed by atoms with Crippen LogP contribution < -0.4 is 4.90 Å². The van der Waals surface area contributed by atoms with Crippen molar-refractivity contribution >= 4 is 5.82 Å². The van der Waals surface area contributed by atoms with Crippen LogP contribution in [0.2, 0.25) is 0 Å². The first-order valence-electron chi connectivity index (χ1n) is 6.07. The van der Waals surface area contributed by atoms with Crippen molar-refractivity contribution < 1.29 is 4.39 Å². The van der Waals surface area contributed by atoms with E-state index in [1.807, 2.05) is 24.2 Å². The Bertz CT molecular complexity index is 545. The minimum absolute atomic E-state index is 0.241. The van der Waals surface area contributed by atoms with Crippen LogP contribution in [0, 0.1) is 18.7 Å². The molecule has 1 fully saturated rings. The molecule has 1 aliphatic rings. The number of rotatable bonds is 3. The van der Waals surface area contributed by atoms with Gasteiger partial charge in [0.05, 0.1) is 0 Å². The SMILES string of the molecule is Cc1nccn1CC1CN(c2ncccc2F)C1. The number of pyridine rings is 1. The van der Waals surface area contributed by atoms with Crippen molar-refractivity contribution in [3.63, 3.8) is 0 Å². The van der Waals surface area contributed by atoms with Crippen LogP contribution in [0.25, 0.3) is 0 Å². The van der Waals surface area contributed by atoms with E-state index in [1.165, 1.54) is 6.07 Å². The summed E-state index contributed by atoms with van der Waals surface area (Å²) in [6.07, 6.45) is 5.43. The lowest BCUT2D eigenvalue weighted by Gasteiger charge is -2.40. The molecule has 5 heteroatoms. The molecule has 0 atom stereocenters. The van der Waals surface area contributed by atoms with Gasteiger partial charge < -0.3 is 9.47 Å². The quantitative estimate of drug-likeness (QED) is 0.829. The van der Waals surface area contributed by atoms with Crippen molar-refractivity contribution in [2.24, 2.45) is 5.92 Å². The summed E-state index contributed by atoms with van der Waals surface area (Å²) in [6, 6.07) is 3.07. The molecule has 4 nitrogen and oxygen atoms in total. The summed E-state index contributed by atoms with van der Waals surface area (Å²) < 4.78 is 15.6. The largest absolute Gasteiger partial charge is 0.353 e. The van der Waals surface area contributed by atoms with Gasteiger partial charge >= 0.3 is 0 Å². The fourth-order valence-electron chi connectivity index (χ4n) is 2.34. The second kappa shape index (κ2) is 4.40. The van der Waals surface area contributed by atoms with Gasteiger partial charge in [0.1, 0.15) is 5.82 Å². The van der Waals surface area contributed by atoms with E-state index in [9.17, 15) is 4.39 Å². The number of nitrogens with zero attached hydrogens (tertiary/aromatic N) is 4. The highest BCUT2D eigenvalue weighted by Gasteiger charge is 2.29. The van der Waals surface area contributed by atoms with Crippen molar-refractivity contribution in [3.05, 3.63) is 42.4 Å². The summed E-state index contributed by atoms with van der Waals surface area (Å²) in [5, 5.41) is 0. The van der Waals surface area contributed by atoms with Crippen LogP contribution in [0.5, 0.6) is 0 Å². The first-order valence-corrected chi connectivity index (χ1v) is 6.07. The van der Waals surface area contributed by atoms with Gasteiger partial charge in [0, 0.05) is 44.1 Å². The summed E-state index contributed by atoms with van der Waals surface area (Å²) in [7, 11) is 0. The maximum absolute atomic E-state index is 13.5. The molecular weight excluding hydrogens is 231 g/mol. The Morgan fingerprint density at radius 3 is 2.83 bits per heavy atom. The van der Waals surface area contributed by atoms with Crippen molar-refractivity contribution in [3.8, 4) is 0 Å². The Labute approximate surface area is 105 Å². The van der Waals surface area contributed by atoms with Crippen LogP contribution in [0.1, 0.15) is 5.82 Å². The Balaban J connectivity index is 1.61. The molecule has 0 amide bonds. The Morgan fingerprint density at radius 2 is 2.17 bits per heavy atom. The van der Waals surface area contributed by atoms with Gasteiger partial charge in [0.15, 0.2) is 11.6 Å². The lowest BCUT2D eigenvalue weighted by Crippen LogP contribution is -2.49. The maximum atomic E-state index is 13.5. The third kappa shape index (κ3) is 1.96. The van der Waals surface area contributed by atoms with E-state index >= 15 is 0 Å². The van der Waals surface area contributed by atoms with Crippen LogP contribution >= 0.6 is 0 Å². The molecule has 0 saturated carbocycles. The van der Waals surface area contributed by atoms with Crippen molar-refractivity contribution in [2.75, 3.05) is 18.0 Å². The van der Waals surface area contributed by atoms with E-state index in [0.717, 1.165) is 25.5 Å². The van der Waals surface area contributed by atoms with Crippen LogP contribution in [0.15, 0.2) is 30.7 Å². The number of aromatic nitrogens is 3. The molecule has 1 aliphatic heterocycles. The summed E-state index contributed by atoms with van der Waals surface area (Å²) >= 11 is 0. The fraction of sp³-hybridized carbons (Fsp3) is 0.385. The molecule has 0 N–H and O–H groups in total. The highest BCUT2D eigenvalue weighted by atomic mass is 19.1. The first-order chi connectivity index (χ1) is 8.74. The standard InChI is InChI=1S/C13H15FN4/c1-10-15-5-6-17(10)7-11-8-18(9-11)13-12(14)3-2-4-16-13/h2-6,11H,7-9H2,1H3. The molecule has 0 radical (unpaired) electrons. The highest BCUT2D eigenvalue weighted by Crippen LogP contribution is 2.25. The van der Waals surface area contributed by atoms with E-state index in [-0.39, 0.29) is 5.82 Å². The van der Waals surface area contributed by atoms with Gasteiger partial charge in [0.25, 0.3) is 0 Å². The predicted molar refractivity (Wildman–Crippen MR) is 66.9 cm³/mol. The number of halogens is 1. The summed E-state index contributed by atoms with van der Waals surface area (Å²) in [4.78, 5) is 10.3. The van der Waals surface area contributed by atoms with E-state index < -0.39 is 0 Å². The molecular formula is C13H15FN4. The van der Waals surface area contributed by atoms with Gasteiger partial charge in [0.2, 0.25) is 0 Å². The third-order valence-corrected chi connectivity index (χ3v) is 3.37. The molecule has 2 aromatic rings. The maximum Gasteiger partial charge on any atom is 0.165 e. The Hall–Kier alpha value is -1.91. The topological polar surface area (TPSA) is 34.0 Å². The lowest BCUT2D eigenvalue weighted by molar-refractivity contribution is 0.348. The monoisotopic (exact) mass is 246 g/mol. The van der Waals surface area contributed by atoms with E-state index in [4.69, 9.17) is 0 Å². The van der Waals surface area contributed by atoms with E-state index in [0.29, 0.717) is 11.7 Å². The van der Waals surface area contributed by atoms with Gasteiger partial charge in [-0.3, -0.25) is 0 Å². The van der Waals surface area contributed by atoms with Gasteiger partial charge in [-0.05, 0) is 19.1 Å². The lowest BCUT2D eigenvalue weighted by atomic mass is 10.00. The number of imidazole rings is 1. The van der Waals surface area contributed by atoms with E-state index in [1.54, 1.807) is 12.3 Å². The summed E-state index contributed by atoms with van der Waals surface area (Å²) in [6.45, 7) is 4.64. The van der Waals surface area contributed by atoms with Crippen molar-refractivity contribution in [2.45, 2.75) is 13.5 Å². The number of anilines is 1. The molecule has 18 heavy (non-hydrogen) atoms. The number of aryl methyl sites for hydroxylation is 1. The zero-order chi connectivity index (χ0) is 12.5. The molecule has 0 bridgehead atoms. The molecule has 1 saturated heterocycles. The van der Waals surface area contributed by atoms with Gasteiger partial charge in [-0.25, -0.2) is 14.4 Å². The summed E-state index contributed by atoms with van der Waals surface area (Å²) in [5.41, 5.74) is 0. The molecule has 0 unspecified atom stereocenters. The second-order valence-electron chi connectivity index (χ2n) is 4.71. The Morgan fingerprint density at radius 1 is 1.33 bits per heavy atom. The molecule has 3 heterocycles. The predicted octanol–water partition coefficient (Wildman–Crippen LogP) is 1.86. The summed E-state index contributed by atoms with van der Waals surface area (Å²) in [5.74, 6) is 1.79. The Kier molecular flexibility index (Phi) is 2.74. The zero-order valence-corrected chi connectivity index (χ0v) is 10.3. The molecule has 0 aromatic carbocycles. The number of hydrogen-bond acceptors (Lipinski definition) is 3. The first kappa shape index (κ1) is 11.2. The minimum atomic E-state index is -0.241. The second-order valence-corrected chi connectivity index (χ2v) is 4.71. The van der Waals surface area contributed by atoms with Crippen LogP contribution in [0.3, 0.4) is 0 Å². The van der Waals surface area contributed by atoms with Gasteiger partial charge in [-0.15, -0.1) is 0 Å². The molecule has 0 aliphatic carbocycles. The third-order valence-electron chi connectivity index (χ3n) is 3.37. The fourth-order valence-corrected chi connectivity index (χ4v) is 2.34. The van der Waals surface area contributed by atoms with Crippen molar-refractivity contribution in [1.29, 1.82) is 0 Å². The van der Waals surface area contributed by atoms with E-state index in [2.05, 4.69) is 14.5 Å². The minimum Gasteiger partial charge on any atom is -0.353 e. The van der Waals surface area contributed by atoms with Gasteiger partial charge in [-0.1, -0.05) is 0 Å². The van der Waals surface area contributed by atoms with Crippen LogP contribution in [0.4, 0.5) is 10.2 Å². The van der Waals surface area contributed by atoms with Crippen LogP contribution in [-0.4, -0.2) is 27.6 Å². The normalized spacial score (nSPS) is 15.8. The average molecular weight is 246 g/mol. The van der Waals surface area contributed by atoms with Gasteiger partial charge in [-0.2, -0.15) is 0 Å². The van der Waals surface area contributed by atoms with Crippen molar-refractivity contribution in [1.82, 2.24) is 14.5 Å². The highest BCUT2D eigenvalue weighted by molar-refractivity contribution is 5.42. The van der Waals surface area contributed by atoms with Crippen LogP contribution in [-0.2, 0) is 6.54 Å². The molecule has 94 valence electrons. The smallest absolute Gasteiger partial charge is 0.165 e. The molecule has 2 aromatic heterocycles. The molecule has 3 rings (SSSR count). The average Bonchev–Trinajstić information content (AvgIpc) is 2.70.